The SMILES string of the molecule is FC(F)(F)C(F)(F)C(F)(C=CC(F)(C(F)(F)F)C(F)(F)C(F)(F)F)C(F)(F)F. The summed E-state index contributed by atoms with van der Waals surface area (Å²) in [5.74, 6) is -15.4. The van der Waals surface area contributed by atoms with E-state index >= 15 is 0 Å². The molecular weight excluding hydrogens is 462 g/mol. The third-order valence-corrected chi connectivity index (χ3v) is 2.99. The van der Waals surface area contributed by atoms with Gasteiger partial charge in [-0.25, -0.2) is 8.78 Å². The lowest BCUT2D eigenvalue weighted by molar-refractivity contribution is -0.374. The van der Waals surface area contributed by atoms with Gasteiger partial charge in [-0.05, 0) is 12.2 Å². The Kier molecular flexibility index (Phi) is 6.14. The number of alkyl halides is 18. The standard InChI is InChI=1S/C10H2F18/c11-3(7(17,18)19,5(13,14)9(23,24)25)1-2-4(12,8(20,21)22)6(15,16)10(26,27)28/h1-2H. The molecule has 0 aromatic heterocycles. The molecular formula is C10H2F18. The molecule has 0 N–H and O–H groups in total. The average molecular weight is 464 g/mol. The Bertz CT molecular complexity index is 531. The van der Waals surface area contributed by atoms with Gasteiger partial charge < -0.3 is 0 Å². The van der Waals surface area contributed by atoms with Gasteiger partial charge in [-0.15, -0.1) is 0 Å². The first kappa shape index (κ1) is 26.5. The molecule has 0 aromatic rings. The average Bonchev–Trinajstić information content (AvgIpc) is 2.38. The molecule has 0 nitrogen and oxygen atoms in total. The van der Waals surface area contributed by atoms with Gasteiger partial charge in [0.15, 0.2) is 0 Å². The van der Waals surface area contributed by atoms with Gasteiger partial charge in [0.2, 0.25) is 0 Å². The zero-order valence-corrected chi connectivity index (χ0v) is 12.0. The minimum atomic E-state index is -7.71. The van der Waals surface area contributed by atoms with Crippen LogP contribution in [0.3, 0.4) is 0 Å². The molecule has 0 aliphatic rings. The van der Waals surface area contributed by atoms with Crippen LogP contribution in [-0.2, 0) is 0 Å². The van der Waals surface area contributed by atoms with Crippen LogP contribution in [0, 0.1) is 0 Å². The quantitative estimate of drug-likeness (QED) is 0.330. The van der Waals surface area contributed by atoms with Crippen molar-refractivity contribution in [1.29, 1.82) is 0 Å². The van der Waals surface area contributed by atoms with Crippen LogP contribution >= 0.6 is 0 Å². The normalized spacial score (nSPS) is 20.2. The summed E-state index contributed by atoms with van der Waals surface area (Å²) in [7, 11) is 0. The van der Waals surface area contributed by atoms with Crippen molar-refractivity contribution in [3.05, 3.63) is 12.2 Å². The Morgan fingerprint density at radius 1 is 0.286 bits per heavy atom. The fourth-order valence-corrected chi connectivity index (χ4v) is 1.40. The van der Waals surface area contributed by atoms with Gasteiger partial charge in [0.25, 0.3) is 11.3 Å². The molecule has 2 unspecified atom stereocenters. The second-order valence-electron chi connectivity index (χ2n) is 4.90. The Morgan fingerprint density at radius 3 is 0.571 bits per heavy atom. The van der Waals surface area contributed by atoms with Gasteiger partial charge in [-0.3, -0.25) is 0 Å². The third kappa shape index (κ3) is 3.81. The first-order valence-corrected chi connectivity index (χ1v) is 5.81. The van der Waals surface area contributed by atoms with Crippen molar-refractivity contribution in [2.24, 2.45) is 0 Å². The molecule has 0 bridgehead atoms. The molecule has 0 heterocycles. The van der Waals surface area contributed by atoms with E-state index in [9.17, 15) is 79.0 Å². The predicted molar refractivity (Wildman–Crippen MR) is 50.9 cm³/mol. The lowest BCUT2D eigenvalue weighted by Gasteiger charge is -2.36. The molecule has 2 atom stereocenters. The van der Waals surface area contributed by atoms with Crippen LogP contribution < -0.4 is 0 Å². The maximum Gasteiger partial charge on any atom is 0.457 e. The monoisotopic (exact) mass is 464 g/mol. The lowest BCUT2D eigenvalue weighted by atomic mass is 9.89. The fraction of sp³-hybridized carbons (Fsp3) is 0.800. The molecule has 0 saturated carbocycles. The number of hydrogen-bond acceptors (Lipinski definition) is 0. The fourth-order valence-electron chi connectivity index (χ4n) is 1.40. The van der Waals surface area contributed by atoms with Crippen molar-refractivity contribution in [3.63, 3.8) is 0 Å². The van der Waals surface area contributed by atoms with Crippen LogP contribution in [0.15, 0.2) is 12.2 Å². The van der Waals surface area contributed by atoms with E-state index in [1.807, 2.05) is 0 Å². The summed E-state index contributed by atoms with van der Waals surface area (Å²) < 4.78 is 224. The summed E-state index contributed by atoms with van der Waals surface area (Å²) in [5.41, 5.74) is -14.7. The van der Waals surface area contributed by atoms with E-state index in [1.165, 1.54) is 0 Å². The smallest absolute Gasteiger partial charge is 0.222 e. The molecule has 0 radical (unpaired) electrons. The second-order valence-corrected chi connectivity index (χ2v) is 4.90. The van der Waals surface area contributed by atoms with E-state index in [0.717, 1.165) is 0 Å². The van der Waals surface area contributed by atoms with E-state index in [0.29, 0.717) is 0 Å². The van der Waals surface area contributed by atoms with Crippen LogP contribution in [0.5, 0.6) is 0 Å². The molecule has 0 saturated heterocycles. The number of rotatable bonds is 4. The van der Waals surface area contributed by atoms with Crippen LogP contribution in [0.25, 0.3) is 0 Å². The highest BCUT2D eigenvalue weighted by atomic mass is 19.4. The minimum Gasteiger partial charge on any atom is -0.222 e. The largest absolute Gasteiger partial charge is 0.457 e. The molecule has 0 amide bonds. The molecule has 0 aliphatic heterocycles. The van der Waals surface area contributed by atoms with Gasteiger partial charge in [-0.1, -0.05) is 0 Å². The van der Waals surface area contributed by atoms with Gasteiger partial charge in [0.05, 0.1) is 0 Å². The van der Waals surface area contributed by atoms with E-state index in [-0.39, 0.29) is 0 Å². The van der Waals surface area contributed by atoms with Crippen molar-refractivity contribution < 1.29 is 79.0 Å². The van der Waals surface area contributed by atoms with Crippen molar-refractivity contribution in [1.82, 2.24) is 0 Å². The zero-order valence-electron chi connectivity index (χ0n) is 12.0. The molecule has 28 heavy (non-hydrogen) atoms. The minimum absolute atomic E-state index is 2.73. The van der Waals surface area contributed by atoms with Crippen molar-refractivity contribution in [3.8, 4) is 0 Å². The first-order chi connectivity index (χ1) is 11.7. The zero-order chi connectivity index (χ0) is 23.4. The third-order valence-electron chi connectivity index (χ3n) is 2.99. The molecule has 0 aliphatic carbocycles. The number of hydrogen-bond donors (Lipinski definition) is 0. The molecule has 168 valence electrons. The summed E-state index contributed by atoms with van der Waals surface area (Å²) in [6, 6.07) is 0. The highest BCUT2D eigenvalue weighted by molar-refractivity contribution is 5.24. The molecule has 0 fully saturated rings. The van der Waals surface area contributed by atoms with E-state index in [4.69, 9.17) is 0 Å². The molecule has 0 spiro atoms. The lowest BCUT2D eigenvalue weighted by Crippen LogP contribution is -2.63. The maximum atomic E-state index is 13.4. The van der Waals surface area contributed by atoms with Gasteiger partial charge in [0.1, 0.15) is 0 Å². The molecule has 0 rings (SSSR count). The maximum absolute atomic E-state index is 13.4. The highest BCUT2D eigenvalue weighted by Crippen LogP contribution is 2.57. The predicted octanol–water partition coefficient (Wildman–Crippen LogP) is 6.48. The Morgan fingerprint density at radius 2 is 0.464 bits per heavy atom. The van der Waals surface area contributed by atoms with Crippen molar-refractivity contribution >= 4 is 0 Å². The molecule has 18 heteroatoms. The van der Waals surface area contributed by atoms with E-state index in [1.54, 1.807) is 0 Å². The second kappa shape index (κ2) is 6.50. The summed E-state index contributed by atoms with van der Waals surface area (Å²) in [5, 5.41) is 0. The van der Waals surface area contributed by atoms with Crippen molar-refractivity contribution in [2.75, 3.05) is 0 Å². The van der Waals surface area contributed by atoms with Gasteiger partial charge in [0, 0.05) is 0 Å². The summed E-state index contributed by atoms with van der Waals surface area (Å²) in [6.45, 7) is 0. The summed E-state index contributed by atoms with van der Waals surface area (Å²) in [4.78, 5) is 0. The van der Waals surface area contributed by atoms with Crippen LogP contribution in [0.2, 0.25) is 0 Å². The summed E-state index contributed by atoms with van der Waals surface area (Å²) >= 11 is 0. The van der Waals surface area contributed by atoms with E-state index < -0.39 is 60.0 Å². The van der Waals surface area contributed by atoms with Crippen LogP contribution in [-0.4, -0.2) is 47.9 Å². The Hall–Kier alpha value is -1.52. The van der Waals surface area contributed by atoms with Crippen LogP contribution in [0.4, 0.5) is 79.0 Å². The molecule has 0 aromatic carbocycles. The Labute approximate surface area is 140 Å². The van der Waals surface area contributed by atoms with Gasteiger partial charge in [-0.2, -0.15) is 70.2 Å². The highest BCUT2D eigenvalue weighted by Gasteiger charge is 2.83. The summed E-state index contributed by atoms with van der Waals surface area (Å²) in [6.07, 6.45) is -35.6. The number of halogens is 18. The van der Waals surface area contributed by atoms with E-state index in [2.05, 4.69) is 0 Å². The van der Waals surface area contributed by atoms with Crippen LogP contribution in [0.1, 0.15) is 0 Å². The topological polar surface area (TPSA) is 0 Å². The van der Waals surface area contributed by atoms with Crippen molar-refractivity contribution in [2.45, 2.75) is 47.9 Å². The first-order valence-electron chi connectivity index (χ1n) is 5.81. The number of allylic oxidation sites excluding steroid dienone is 2. The van der Waals surface area contributed by atoms with Gasteiger partial charge >= 0.3 is 36.6 Å². The Balaban J connectivity index is 6.90.